The van der Waals surface area contributed by atoms with Gasteiger partial charge in [0.1, 0.15) is 0 Å². The number of hydrogen-bond donors (Lipinski definition) is 1. The lowest BCUT2D eigenvalue weighted by molar-refractivity contribution is 0.102. The van der Waals surface area contributed by atoms with E-state index in [1.165, 1.54) is 12.4 Å². The predicted molar refractivity (Wildman–Crippen MR) is 77.9 cm³/mol. The number of rotatable bonds is 3. The van der Waals surface area contributed by atoms with Crippen molar-refractivity contribution in [2.45, 2.75) is 12.3 Å². The lowest BCUT2D eigenvalue weighted by Crippen LogP contribution is -2.14. The number of nitrogens with zero attached hydrogens (tertiary/aromatic N) is 1. The van der Waals surface area contributed by atoms with Crippen molar-refractivity contribution in [3.63, 3.8) is 0 Å². The first-order valence-corrected chi connectivity index (χ1v) is 6.55. The van der Waals surface area contributed by atoms with E-state index < -0.39 is 0 Å². The van der Waals surface area contributed by atoms with E-state index >= 15 is 0 Å². The minimum Gasteiger partial charge on any atom is -0.322 e. The standard InChI is InChI=1S/C14H12Cl2N2O/c1-9(15)10-4-2-3-5-13(10)18-14(19)11-6-7-17-8-12(11)16/h2-9H,1H3,(H,18,19). The second-order valence-corrected chi connectivity index (χ2v) is 5.07. The molecule has 5 heteroatoms. The van der Waals surface area contributed by atoms with Crippen molar-refractivity contribution in [1.29, 1.82) is 0 Å². The van der Waals surface area contributed by atoms with Gasteiger partial charge in [0.2, 0.25) is 0 Å². The van der Waals surface area contributed by atoms with Gasteiger partial charge in [-0.15, -0.1) is 11.6 Å². The van der Waals surface area contributed by atoms with Gasteiger partial charge in [-0.2, -0.15) is 0 Å². The van der Waals surface area contributed by atoms with Crippen molar-refractivity contribution < 1.29 is 4.79 Å². The van der Waals surface area contributed by atoms with E-state index in [1.54, 1.807) is 12.1 Å². The van der Waals surface area contributed by atoms with Crippen LogP contribution in [0.15, 0.2) is 42.7 Å². The van der Waals surface area contributed by atoms with Crippen molar-refractivity contribution in [2.24, 2.45) is 0 Å². The predicted octanol–water partition coefficient (Wildman–Crippen LogP) is 4.29. The smallest absolute Gasteiger partial charge is 0.257 e. The van der Waals surface area contributed by atoms with Crippen LogP contribution in [-0.2, 0) is 0 Å². The number of nitrogens with one attached hydrogen (secondary N) is 1. The molecule has 0 spiro atoms. The second-order valence-electron chi connectivity index (χ2n) is 4.01. The number of carbonyl (C=O) groups excluding carboxylic acids is 1. The van der Waals surface area contributed by atoms with Gasteiger partial charge in [-0.05, 0) is 24.6 Å². The molecule has 0 fully saturated rings. The van der Waals surface area contributed by atoms with E-state index in [1.807, 2.05) is 25.1 Å². The van der Waals surface area contributed by atoms with Crippen molar-refractivity contribution >= 4 is 34.8 Å². The summed E-state index contributed by atoms with van der Waals surface area (Å²) < 4.78 is 0. The number of amides is 1. The third-order valence-electron chi connectivity index (χ3n) is 2.65. The van der Waals surface area contributed by atoms with Crippen LogP contribution in [0, 0.1) is 0 Å². The summed E-state index contributed by atoms with van der Waals surface area (Å²) in [5.74, 6) is -0.280. The Morgan fingerprint density at radius 3 is 2.74 bits per heavy atom. The number of hydrogen-bond acceptors (Lipinski definition) is 2. The fourth-order valence-corrected chi connectivity index (χ4v) is 2.10. The van der Waals surface area contributed by atoms with E-state index in [-0.39, 0.29) is 11.3 Å². The Morgan fingerprint density at radius 1 is 1.32 bits per heavy atom. The lowest BCUT2D eigenvalue weighted by Gasteiger charge is -2.12. The molecule has 98 valence electrons. The maximum atomic E-state index is 12.1. The Hall–Kier alpha value is -1.58. The number of halogens is 2. The highest BCUT2D eigenvalue weighted by atomic mass is 35.5. The molecule has 3 nitrogen and oxygen atoms in total. The van der Waals surface area contributed by atoms with Gasteiger partial charge in [0.15, 0.2) is 0 Å². The monoisotopic (exact) mass is 294 g/mol. The molecule has 19 heavy (non-hydrogen) atoms. The van der Waals surface area contributed by atoms with Gasteiger partial charge in [-0.25, -0.2) is 0 Å². The number of para-hydroxylation sites is 1. The van der Waals surface area contributed by atoms with Gasteiger partial charge >= 0.3 is 0 Å². The van der Waals surface area contributed by atoms with Crippen molar-refractivity contribution in [1.82, 2.24) is 4.98 Å². The molecule has 1 heterocycles. The largest absolute Gasteiger partial charge is 0.322 e. The zero-order chi connectivity index (χ0) is 13.8. The van der Waals surface area contributed by atoms with E-state index in [0.717, 1.165) is 5.56 Å². The zero-order valence-electron chi connectivity index (χ0n) is 10.2. The summed E-state index contributed by atoms with van der Waals surface area (Å²) in [6.45, 7) is 1.85. The Morgan fingerprint density at radius 2 is 2.05 bits per heavy atom. The molecular weight excluding hydrogens is 283 g/mol. The van der Waals surface area contributed by atoms with Crippen LogP contribution >= 0.6 is 23.2 Å². The first kappa shape index (κ1) is 13.8. The molecule has 0 aliphatic rings. The van der Waals surface area contributed by atoms with E-state index in [0.29, 0.717) is 16.3 Å². The molecular formula is C14H12Cl2N2O. The molecule has 0 aliphatic carbocycles. The fraction of sp³-hybridized carbons (Fsp3) is 0.143. The average molecular weight is 295 g/mol. The van der Waals surface area contributed by atoms with Crippen LogP contribution in [0.5, 0.6) is 0 Å². The van der Waals surface area contributed by atoms with Crippen LogP contribution in [0.25, 0.3) is 0 Å². The van der Waals surface area contributed by atoms with Crippen molar-refractivity contribution in [2.75, 3.05) is 5.32 Å². The number of pyridine rings is 1. The third-order valence-corrected chi connectivity index (χ3v) is 3.19. The minimum atomic E-state index is -0.280. The van der Waals surface area contributed by atoms with Crippen molar-refractivity contribution in [3.05, 3.63) is 58.9 Å². The highest BCUT2D eigenvalue weighted by Gasteiger charge is 2.13. The van der Waals surface area contributed by atoms with Crippen LogP contribution in [0.4, 0.5) is 5.69 Å². The van der Waals surface area contributed by atoms with Crippen LogP contribution in [0.1, 0.15) is 28.2 Å². The minimum absolute atomic E-state index is 0.190. The van der Waals surface area contributed by atoms with Gasteiger partial charge in [-0.3, -0.25) is 9.78 Å². The van der Waals surface area contributed by atoms with E-state index in [9.17, 15) is 4.79 Å². The quantitative estimate of drug-likeness (QED) is 0.858. The number of aromatic nitrogens is 1. The van der Waals surface area contributed by atoms with Gasteiger partial charge < -0.3 is 5.32 Å². The number of anilines is 1. The molecule has 1 aromatic heterocycles. The molecule has 0 aliphatic heterocycles. The zero-order valence-corrected chi connectivity index (χ0v) is 11.7. The van der Waals surface area contributed by atoms with Crippen LogP contribution in [0.2, 0.25) is 5.02 Å². The van der Waals surface area contributed by atoms with Crippen LogP contribution in [-0.4, -0.2) is 10.9 Å². The molecule has 2 aromatic rings. The third kappa shape index (κ3) is 3.25. The van der Waals surface area contributed by atoms with Gasteiger partial charge in [0.05, 0.1) is 16.0 Å². The Labute approximate surface area is 121 Å². The highest BCUT2D eigenvalue weighted by molar-refractivity contribution is 6.34. The fourth-order valence-electron chi connectivity index (χ4n) is 1.71. The molecule has 1 atom stereocenters. The molecule has 0 bridgehead atoms. The van der Waals surface area contributed by atoms with Crippen molar-refractivity contribution in [3.8, 4) is 0 Å². The molecule has 0 radical (unpaired) electrons. The molecule has 0 saturated carbocycles. The average Bonchev–Trinajstić information content (AvgIpc) is 2.39. The Bertz CT molecular complexity index is 600. The molecule has 1 amide bonds. The normalized spacial score (nSPS) is 11.9. The second kappa shape index (κ2) is 6.04. The Balaban J connectivity index is 2.27. The van der Waals surface area contributed by atoms with Crippen LogP contribution < -0.4 is 5.32 Å². The highest BCUT2D eigenvalue weighted by Crippen LogP contribution is 2.27. The topological polar surface area (TPSA) is 42.0 Å². The van der Waals surface area contributed by atoms with Crippen LogP contribution in [0.3, 0.4) is 0 Å². The molecule has 0 saturated heterocycles. The molecule has 1 unspecified atom stereocenters. The van der Waals surface area contributed by atoms with Gasteiger partial charge in [0, 0.05) is 18.1 Å². The number of benzene rings is 1. The lowest BCUT2D eigenvalue weighted by atomic mass is 10.1. The SMILES string of the molecule is CC(Cl)c1ccccc1NC(=O)c1ccncc1Cl. The summed E-state index contributed by atoms with van der Waals surface area (Å²) >= 11 is 12.0. The molecule has 2 rings (SSSR count). The molecule has 1 N–H and O–H groups in total. The summed E-state index contributed by atoms with van der Waals surface area (Å²) in [7, 11) is 0. The number of alkyl halides is 1. The van der Waals surface area contributed by atoms with E-state index in [4.69, 9.17) is 23.2 Å². The van der Waals surface area contributed by atoms with Gasteiger partial charge in [0.25, 0.3) is 5.91 Å². The van der Waals surface area contributed by atoms with Gasteiger partial charge in [-0.1, -0.05) is 29.8 Å². The molecule has 1 aromatic carbocycles. The Kier molecular flexibility index (Phi) is 4.40. The number of carbonyl (C=O) groups is 1. The maximum Gasteiger partial charge on any atom is 0.257 e. The summed E-state index contributed by atoms with van der Waals surface area (Å²) in [6.07, 6.45) is 2.96. The maximum absolute atomic E-state index is 12.1. The summed E-state index contributed by atoms with van der Waals surface area (Å²) in [6, 6.07) is 8.98. The summed E-state index contributed by atoms with van der Waals surface area (Å²) in [4.78, 5) is 16.0. The summed E-state index contributed by atoms with van der Waals surface area (Å²) in [5, 5.41) is 2.94. The summed E-state index contributed by atoms with van der Waals surface area (Å²) in [5.41, 5.74) is 1.93. The van der Waals surface area contributed by atoms with E-state index in [2.05, 4.69) is 10.3 Å². The first-order chi connectivity index (χ1) is 9.09. The first-order valence-electron chi connectivity index (χ1n) is 5.73.